The van der Waals surface area contributed by atoms with Gasteiger partial charge in [-0.1, -0.05) is 23.7 Å². The summed E-state index contributed by atoms with van der Waals surface area (Å²) in [6.45, 7) is 8.34. The summed E-state index contributed by atoms with van der Waals surface area (Å²) in [7, 11) is 0. The Balaban J connectivity index is 1.75. The van der Waals surface area contributed by atoms with Crippen LogP contribution in [-0.2, 0) is 6.54 Å². The first-order valence-electron chi connectivity index (χ1n) is 7.05. The van der Waals surface area contributed by atoms with Crippen LogP contribution in [-0.4, -0.2) is 16.1 Å². The van der Waals surface area contributed by atoms with Gasteiger partial charge in [0.1, 0.15) is 0 Å². The molecule has 0 saturated carbocycles. The number of rotatable bonds is 6. The summed E-state index contributed by atoms with van der Waals surface area (Å²) in [5.41, 5.74) is 3.65. The van der Waals surface area contributed by atoms with E-state index in [0.29, 0.717) is 6.04 Å². The lowest BCUT2D eigenvalue weighted by Crippen LogP contribution is -2.21. The largest absolute Gasteiger partial charge is 0.335 e. The van der Waals surface area contributed by atoms with Gasteiger partial charge in [-0.2, -0.15) is 0 Å². The highest BCUT2D eigenvalue weighted by molar-refractivity contribution is 6.30. The fourth-order valence-corrected chi connectivity index (χ4v) is 2.33. The van der Waals surface area contributed by atoms with Crippen LogP contribution < -0.4 is 5.32 Å². The van der Waals surface area contributed by atoms with Gasteiger partial charge in [0, 0.05) is 23.3 Å². The summed E-state index contributed by atoms with van der Waals surface area (Å²) < 4.78 is 2.21. The fraction of sp³-hybridized carbons (Fsp3) is 0.438. The maximum atomic E-state index is 5.90. The number of benzene rings is 1. The Hall–Kier alpha value is -1.32. The average molecular weight is 292 g/mol. The minimum Gasteiger partial charge on any atom is -0.335 e. The highest BCUT2D eigenvalue weighted by Gasteiger charge is 2.05. The van der Waals surface area contributed by atoms with Gasteiger partial charge in [0.05, 0.1) is 12.0 Å². The first kappa shape index (κ1) is 15.1. The van der Waals surface area contributed by atoms with Crippen LogP contribution in [0.3, 0.4) is 0 Å². The van der Waals surface area contributed by atoms with Crippen molar-refractivity contribution in [3.63, 3.8) is 0 Å². The minimum atomic E-state index is 0.345. The third-order valence-corrected chi connectivity index (χ3v) is 3.99. The van der Waals surface area contributed by atoms with Gasteiger partial charge in [-0.15, -0.1) is 0 Å². The van der Waals surface area contributed by atoms with E-state index in [1.54, 1.807) is 0 Å². The number of hydrogen-bond donors (Lipinski definition) is 1. The van der Waals surface area contributed by atoms with Crippen LogP contribution in [0.25, 0.3) is 0 Å². The average Bonchev–Trinajstić information content (AvgIpc) is 2.76. The van der Waals surface area contributed by atoms with Crippen molar-refractivity contribution in [1.29, 1.82) is 0 Å². The van der Waals surface area contributed by atoms with Gasteiger partial charge in [-0.3, -0.25) is 0 Å². The molecule has 0 radical (unpaired) electrons. The Morgan fingerprint density at radius 1 is 1.25 bits per heavy atom. The topological polar surface area (TPSA) is 29.9 Å². The van der Waals surface area contributed by atoms with E-state index in [1.165, 1.54) is 11.3 Å². The van der Waals surface area contributed by atoms with Crippen LogP contribution in [0, 0.1) is 13.8 Å². The third-order valence-electron chi connectivity index (χ3n) is 3.74. The van der Waals surface area contributed by atoms with E-state index in [4.69, 9.17) is 11.6 Å². The van der Waals surface area contributed by atoms with Gasteiger partial charge in [-0.05, 0) is 51.4 Å². The molecule has 1 aromatic carbocycles. The number of halogens is 1. The molecule has 1 aromatic heterocycles. The smallest absolute Gasteiger partial charge is 0.0951 e. The summed E-state index contributed by atoms with van der Waals surface area (Å²) >= 11 is 5.90. The van der Waals surface area contributed by atoms with E-state index in [0.717, 1.165) is 30.2 Å². The molecule has 108 valence electrons. The van der Waals surface area contributed by atoms with E-state index in [1.807, 2.05) is 25.4 Å². The standard InChI is InChI=1S/C16H22ClN3/c1-12-14(3)20(11-19-12)10-4-9-18-13(2)15-5-7-16(17)8-6-15/h5-8,11,13,18H,4,9-10H2,1-3H3. The maximum Gasteiger partial charge on any atom is 0.0951 e. The minimum absolute atomic E-state index is 0.345. The van der Waals surface area contributed by atoms with Gasteiger partial charge >= 0.3 is 0 Å². The van der Waals surface area contributed by atoms with E-state index < -0.39 is 0 Å². The zero-order valence-electron chi connectivity index (χ0n) is 12.4. The fourth-order valence-electron chi connectivity index (χ4n) is 2.21. The number of imidazole rings is 1. The molecule has 0 spiro atoms. The summed E-state index contributed by atoms with van der Waals surface area (Å²) in [4.78, 5) is 4.32. The molecule has 4 heteroatoms. The Kier molecular flexibility index (Phi) is 5.21. The van der Waals surface area contributed by atoms with Crippen molar-refractivity contribution < 1.29 is 0 Å². The van der Waals surface area contributed by atoms with Gasteiger partial charge in [0.25, 0.3) is 0 Å². The van der Waals surface area contributed by atoms with E-state index in [-0.39, 0.29) is 0 Å². The van der Waals surface area contributed by atoms with Crippen LogP contribution in [0.5, 0.6) is 0 Å². The maximum absolute atomic E-state index is 5.90. The second-order valence-corrected chi connectivity index (χ2v) is 5.63. The Morgan fingerprint density at radius 3 is 2.55 bits per heavy atom. The molecule has 0 aliphatic rings. The number of aryl methyl sites for hydroxylation is 2. The number of hydrogen-bond acceptors (Lipinski definition) is 2. The number of nitrogens with one attached hydrogen (secondary N) is 1. The molecule has 3 nitrogen and oxygen atoms in total. The van der Waals surface area contributed by atoms with Crippen molar-refractivity contribution in [2.45, 2.75) is 39.8 Å². The van der Waals surface area contributed by atoms with E-state index in [9.17, 15) is 0 Å². The van der Waals surface area contributed by atoms with Crippen molar-refractivity contribution in [3.8, 4) is 0 Å². The summed E-state index contributed by atoms with van der Waals surface area (Å²) in [5.74, 6) is 0. The van der Waals surface area contributed by atoms with E-state index in [2.05, 4.69) is 40.8 Å². The molecule has 1 heterocycles. The molecule has 2 aromatic rings. The highest BCUT2D eigenvalue weighted by Crippen LogP contribution is 2.15. The lowest BCUT2D eigenvalue weighted by molar-refractivity contribution is 0.523. The molecular formula is C16H22ClN3. The van der Waals surface area contributed by atoms with Crippen molar-refractivity contribution in [2.75, 3.05) is 6.54 Å². The molecule has 2 rings (SSSR count). The van der Waals surface area contributed by atoms with Crippen LogP contribution in [0.1, 0.15) is 36.3 Å². The Morgan fingerprint density at radius 2 is 1.95 bits per heavy atom. The molecule has 0 fully saturated rings. The molecule has 1 atom stereocenters. The quantitative estimate of drug-likeness (QED) is 0.818. The lowest BCUT2D eigenvalue weighted by Gasteiger charge is -2.14. The molecule has 1 N–H and O–H groups in total. The van der Waals surface area contributed by atoms with Crippen molar-refractivity contribution >= 4 is 11.6 Å². The van der Waals surface area contributed by atoms with Gasteiger partial charge < -0.3 is 9.88 Å². The zero-order chi connectivity index (χ0) is 14.5. The molecule has 1 unspecified atom stereocenters. The third kappa shape index (κ3) is 3.84. The van der Waals surface area contributed by atoms with Crippen molar-refractivity contribution in [1.82, 2.24) is 14.9 Å². The molecular weight excluding hydrogens is 270 g/mol. The second-order valence-electron chi connectivity index (χ2n) is 5.19. The molecule has 0 saturated heterocycles. The van der Waals surface area contributed by atoms with Gasteiger partial charge in [0.15, 0.2) is 0 Å². The van der Waals surface area contributed by atoms with Crippen LogP contribution >= 0.6 is 11.6 Å². The van der Waals surface area contributed by atoms with E-state index >= 15 is 0 Å². The first-order valence-corrected chi connectivity index (χ1v) is 7.43. The number of aromatic nitrogens is 2. The SMILES string of the molecule is Cc1ncn(CCCNC(C)c2ccc(Cl)cc2)c1C. The van der Waals surface area contributed by atoms with Crippen molar-refractivity contribution in [3.05, 3.63) is 52.6 Å². The van der Waals surface area contributed by atoms with Gasteiger partial charge in [0.2, 0.25) is 0 Å². The second kappa shape index (κ2) is 6.91. The molecule has 0 aliphatic heterocycles. The summed E-state index contributed by atoms with van der Waals surface area (Å²) in [6, 6.07) is 8.37. The summed E-state index contributed by atoms with van der Waals surface area (Å²) in [5, 5.41) is 4.32. The highest BCUT2D eigenvalue weighted by atomic mass is 35.5. The Bertz CT molecular complexity index is 545. The normalized spacial score (nSPS) is 12.6. The monoisotopic (exact) mass is 291 g/mol. The first-order chi connectivity index (χ1) is 9.58. The predicted octanol–water partition coefficient (Wildman–Crippen LogP) is 3.89. The molecule has 0 bridgehead atoms. The zero-order valence-corrected chi connectivity index (χ0v) is 13.1. The van der Waals surface area contributed by atoms with Crippen LogP contribution in [0.4, 0.5) is 0 Å². The molecule has 20 heavy (non-hydrogen) atoms. The van der Waals surface area contributed by atoms with Crippen LogP contribution in [0.15, 0.2) is 30.6 Å². The Labute approximate surface area is 126 Å². The molecule has 0 amide bonds. The number of nitrogens with zero attached hydrogens (tertiary/aromatic N) is 2. The van der Waals surface area contributed by atoms with Crippen molar-refractivity contribution in [2.24, 2.45) is 0 Å². The summed E-state index contributed by atoms with van der Waals surface area (Å²) in [6.07, 6.45) is 3.02. The predicted molar refractivity (Wildman–Crippen MR) is 84.2 cm³/mol. The van der Waals surface area contributed by atoms with Gasteiger partial charge in [-0.25, -0.2) is 4.98 Å². The van der Waals surface area contributed by atoms with Crippen LogP contribution in [0.2, 0.25) is 5.02 Å². The molecule has 0 aliphatic carbocycles. The lowest BCUT2D eigenvalue weighted by atomic mass is 10.1.